The highest BCUT2D eigenvalue weighted by atomic mass is 16.3. The largest absolute Gasteiger partial charge is 0.386 e. The Morgan fingerprint density at radius 3 is 2.50 bits per heavy atom. The van der Waals surface area contributed by atoms with E-state index in [1.54, 1.807) is 11.9 Å². The zero-order chi connectivity index (χ0) is 13.5. The molecule has 3 heteroatoms. The molecule has 3 nitrogen and oxygen atoms in total. The van der Waals surface area contributed by atoms with Crippen molar-refractivity contribution in [3.8, 4) is 0 Å². The van der Waals surface area contributed by atoms with Crippen molar-refractivity contribution in [2.75, 3.05) is 7.05 Å². The molecule has 0 saturated carbocycles. The van der Waals surface area contributed by atoms with E-state index in [0.29, 0.717) is 6.42 Å². The summed E-state index contributed by atoms with van der Waals surface area (Å²) in [5.41, 5.74) is 0.847. The van der Waals surface area contributed by atoms with Gasteiger partial charge in [0.15, 0.2) is 0 Å². The standard InChI is InChI=1S/C15H23NO2/c1-4-5-11-14(17)16(3)12(2)15(18)13-9-7-6-8-10-13/h6-10,12,15,18H,4-5,11H2,1-3H3/t12-,15+/m0/s1. The van der Waals surface area contributed by atoms with E-state index < -0.39 is 6.10 Å². The van der Waals surface area contributed by atoms with Gasteiger partial charge in [-0.05, 0) is 18.9 Å². The summed E-state index contributed by atoms with van der Waals surface area (Å²) in [5.74, 6) is 0.0966. The van der Waals surface area contributed by atoms with Gasteiger partial charge in [-0.25, -0.2) is 0 Å². The van der Waals surface area contributed by atoms with Gasteiger partial charge < -0.3 is 10.0 Å². The van der Waals surface area contributed by atoms with E-state index in [2.05, 4.69) is 6.92 Å². The van der Waals surface area contributed by atoms with Crippen molar-refractivity contribution in [3.63, 3.8) is 0 Å². The normalized spacial score (nSPS) is 14.0. The van der Waals surface area contributed by atoms with Gasteiger partial charge >= 0.3 is 0 Å². The number of hydrogen-bond donors (Lipinski definition) is 1. The first-order valence-corrected chi connectivity index (χ1v) is 6.56. The zero-order valence-electron chi connectivity index (χ0n) is 11.5. The summed E-state index contributed by atoms with van der Waals surface area (Å²) in [6.45, 7) is 3.94. The molecule has 100 valence electrons. The highest BCUT2D eigenvalue weighted by Gasteiger charge is 2.23. The van der Waals surface area contributed by atoms with E-state index in [4.69, 9.17) is 0 Å². The van der Waals surface area contributed by atoms with Crippen molar-refractivity contribution in [2.24, 2.45) is 0 Å². The number of nitrogens with zero attached hydrogens (tertiary/aromatic N) is 1. The molecule has 2 atom stereocenters. The van der Waals surface area contributed by atoms with E-state index in [1.807, 2.05) is 37.3 Å². The molecule has 0 aliphatic heterocycles. The molecular weight excluding hydrogens is 226 g/mol. The first-order valence-electron chi connectivity index (χ1n) is 6.56. The predicted octanol–water partition coefficient (Wildman–Crippen LogP) is 2.76. The molecular formula is C15H23NO2. The van der Waals surface area contributed by atoms with Crippen LogP contribution in [0.2, 0.25) is 0 Å². The molecule has 1 rings (SSSR count). The van der Waals surface area contributed by atoms with Crippen LogP contribution in [0.1, 0.15) is 44.8 Å². The minimum absolute atomic E-state index is 0.0966. The van der Waals surface area contributed by atoms with E-state index in [-0.39, 0.29) is 11.9 Å². The Morgan fingerprint density at radius 1 is 1.33 bits per heavy atom. The second kappa shape index (κ2) is 7.17. The van der Waals surface area contributed by atoms with Crippen molar-refractivity contribution in [1.82, 2.24) is 4.90 Å². The molecule has 1 aromatic rings. The summed E-state index contributed by atoms with van der Waals surface area (Å²) < 4.78 is 0. The number of aliphatic hydroxyl groups excluding tert-OH is 1. The van der Waals surface area contributed by atoms with Gasteiger partial charge in [-0.3, -0.25) is 4.79 Å². The summed E-state index contributed by atoms with van der Waals surface area (Å²) in [4.78, 5) is 13.5. The Balaban J connectivity index is 2.63. The molecule has 0 fully saturated rings. The predicted molar refractivity (Wildman–Crippen MR) is 73.2 cm³/mol. The lowest BCUT2D eigenvalue weighted by Crippen LogP contribution is -2.38. The van der Waals surface area contributed by atoms with Gasteiger partial charge in [0.1, 0.15) is 0 Å². The van der Waals surface area contributed by atoms with Crippen LogP contribution in [0.5, 0.6) is 0 Å². The van der Waals surface area contributed by atoms with E-state index in [1.165, 1.54) is 0 Å². The number of carbonyl (C=O) groups excluding carboxylic acids is 1. The molecule has 0 aliphatic carbocycles. The highest BCUT2D eigenvalue weighted by Crippen LogP contribution is 2.20. The van der Waals surface area contributed by atoms with E-state index in [9.17, 15) is 9.90 Å². The van der Waals surface area contributed by atoms with Gasteiger partial charge in [0, 0.05) is 13.5 Å². The van der Waals surface area contributed by atoms with Crippen LogP contribution in [0.4, 0.5) is 0 Å². The number of carbonyl (C=O) groups is 1. The monoisotopic (exact) mass is 249 g/mol. The Morgan fingerprint density at radius 2 is 1.94 bits per heavy atom. The molecule has 0 bridgehead atoms. The fraction of sp³-hybridized carbons (Fsp3) is 0.533. The minimum Gasteiger partial charge on any atom is -0.386 e. The summed E-state index contributed by atoms with van der Waals surface area (Å²) in [5, 5.41) is 10.2. The first kappa shape index (κ1) is 14.7. The molecule has 0 unspecified atom stereocenters. The number of aliphatic hydroxyl groups is 1. The molecule has 1 aromatic carbocycles. The lowest BCUT2D eigenvalue weighted by atomic mass is 10.0. The van der Waals surface area contributed by atoms with Gasteiger partial charge in [0.05, 0.1) is 12.1 Å². The van der Waals surface area contributed by atoms with Crippen molar-refractivity contribution >= 4 is 5.91 Å². The third-order valence-electron chi connectivity index (χ3n) is 3.35. The Labute approximate surface area is 109 Å². The molecule has 0 heterocycles. The number of unbranched alkanes of at least 4 members (excludes halogenated alkanes) is 1. The van der Waals surface area contributed by atoms with Crippen LogP contribution in [-0.2, 0) is 4.79 Å². The average molecular weight is 249 g/mol. The fourth-order valence-corrected chi connectivity index (χ4v) is 1.87. The summed E-state index contributed by atoms with van der Waals surface area (Å²) in [7, 11) is 1.76. The van der Waals surface area contributed by atoms with Crippen LogP contribution < -0.4 is 0 Å². The van der Waals surface area contributed by atoms with E-state index >= 15 is 0 Å². The second-order valence-corrected chi connectivity index (χ2v) is 4.70. The van der Waals surface area contributed by atoms with Gasteiger partial charge in [-0.1, -0.05) is 43.7 Å². The summed E-state index contributed by atoms with van der Waals surface area (Å²) >= 11 is 0. The lowest BCUT2D eigenvalue weighted by Gasteiger charge is -2.29. The summed E-state index contributed by atoms with van der Waals surface area (Å²) in [6.07, 6.45) is 1.83. The van der Waals surface area contributed by atoms with Crippen molar-refractivity contribution in [3.05, 3.63) is 35.9 Å². The molecule has 0 spiro atoms. The molecule has 0 aromatic heterocycles. The molecule has 18 heavy (non-hydrogen) atoms. The first-order chi connectivity index (χ1) is 8.57. The maximum atomic E-state index is 11.9. The highest BCUT2D eigenvalue weighted by molar-refractivity contribution is 5.76. The number of likely N-dealkylation sites (N-methyl/N-ethyl adjacent to an activating group) is 1. The maximum Gasteiger partial charge on any atom is 0.222 e. The second-order valence-electron chi connectivity index (χ2n) is 4.70. The topological polar surface area (TPSA) is 40.5 Å². The smallest absolute Gasteiger partial charge is 0.222 e. The molecule has 0 aliphatic rings. The zero-order valence-corrected chi connectivity index (χ0v) is 11.5. The SMILES string of the molecule is CCCCC(=O)N(C)[C@@H](C)[C@@H](O)c1ccccc1. The van der Waals surface area contributed by atoms with E-state index in [0.717, 1.165) is 18.4 Å². The Kier molecular flexibility index (Phi) is 5.86. The Bertz CT molecular complexity index is 364. The molecule has 0 saturated heterocycles. The van der Waals surface area contributed by atoms with Crippen molar-refractivity contribution < 1.29 is 9.90 Å². The number of amides is 1. The third kappa shape index (κ3) is 3.84. The quantitative estimate of drug-likeness (QED) is 0.842. The van der Waals surface area contributed by atoms with Crippen LogP contribution in [0.25, 0.3) is 0 Å². The van der Waals surface area contributed by atoms with Crippen LogP contribution in [-0.4, -0.2) is 29.0 Å². The van der Waals surface area contributed by atoms with Crippen LogP contribution in [0, 0.1) is 0 Å². The molecule has 1 amide bonds. The van der Waals surface area contributed by atoms with Crippen molar-refractivity contribution in [1.29, 1.82) is 0 Å². The number of benzene rings is 1. The van der Waals surface area contributed by atoms with Crippen LogP contribution in [0.15, 0.2) is 30.3 Å². The van der Waals surface area contributed by atoms with Gasteiger partial charge in [-0.15, -0.1) is 0 Å². The lowest BCUT2D eigenvalue weighted by molar-refractivity contribution is -0.134. The third-order valence-corrected chi connectivity index (χ3v) is 3.35. The molecule has 1 N–H and O–H groups in total. The van der Waals surface area contributed by atoms with Crippen LogP contribution in [0.3, 0.4) is 0 Å². The van der Waals surface area contributed by atoms with Crippen molar-refractivity contribution in [2.45, 2.75) is 45.3 Å². The summed E-state index contributed by atoms with van der Waals surface area (Å²) in [6, 6.07) is 9.25. The number of rotatable bonds is 6. The minimum atomic E-state index is -0.637. The van der Waals surface area contributed by atoms with Crippen LogP contribution >= 0.6 is 0 Å². The fourth-order valence-electron chi connectivity index (χ4n) is 1.87. The van der Waals surface area contributed by atoms with Gasteiger partial charge in [0.2, 0.25) is 5.91 Å². The number of hydrogen-bond acceptors (Lipinski definition) is 2. The van der Waals surface area contributed by atoms with Gasteiger partial charge in [-0.2, -0.15) is 0 Å². The molecule has 0 radical (unpaired) electrons. The Hall–Kier alpha value is -1.35. The van der Waals surface area contributed by atoms with Gasteiger partial charge in [0.25, 0.3) is 0 Å². The maximum absolute atomic E-state index is 11.9. The average Bonchev–Trinajstić information content (AvgIpc) is 2.43.